The lowest BCUT2D eigenvalue weighted by Gasteiger charge is -2.39. The lowest BCUT2D eigenvalue weighted by molar-refractivity contribution is -0.162. The predicted octanol–water partition coefficient (Wildman–Crippen LogP) is 5.40. The van der Waals surface area contributed by atoms with Gasteiger partial charge in [0, 0.05) is 13.0 Å². The molecule has 5 rings (SSSR count). The zero-order chi connectivity index (χ0) is 36.2. The number of rotatable bonds is 16. The number of amides is 3. The molecule has 1 spiro atoms. The van der Waals surface area contributed by atoms with Crippen LogP contribution in [0.2, 0.25) is 5.02 Å². The van der Waals surface area contributed by atoms with Crippen LogP contribution in [0, 0.1) is 17.8 Å². The third kappa shape index (κ3) is 7.11. The highest BCUT2D eigenvalue weighted by atomic mass is 35.5. The van der Waals surface area contributed by atoms with Gasteiger partial charge in [-0.05, 0) is 56.2 Å². The van der Waals surface area contributed by atoms with Gasteiger partial charge in [0.1, 0.15) is 17.7 Å². The second kappa shape index (κ2) is 15.9. The first-order valence-electron chi connectivity index (χ1n) is 17.4. The molecule has 268 valence electrons. The molecule has 0 saturated carbocycles. The molecule has 3 aliphatic rings. The summed E-state index contributed by atoms with van der Waals surface area (Å²) < 4.78 is 12.9. The van der Waals surface area contributed by atoms with Crippen molar-refractivity contribution in [1.29, 1.82) is 0 Å². The molecule has 2 bridgehead atoms. The number of aliphatic hydroxyl groups is 1. The molecule has 0 unspecified atom stereocenters. The summed E-state index contributed by atoms with van der Waals surface area (Å²) in [5, 5.41) is 14.0. The van der Waals surface area contributed by atoms with Crippen molar-refractivity contribution in [3.63, 3.8) is 0 Å². The van der Waals surface area contributed by atoms with E-state index in [9.17, 15) is 24.3 Å². The number of hydrogen-bond acceptors (Lipinski definition) is 7. The Morgan fingerprint density at radius 1 is 1.12 bits per heavy atom. The van der Waals surface area contributed by atoms with Crippen molar-refractivity contribution in [3.05, 3.63) is 90.5 Å². The topological polar surface area (TPSA) is 125 Å². The molecule has 3 amide bonds. The van der Waals surface area contributed by atoms with E-state index in [1.54, 1.807) is 43.3 Å². The van der Waals surface area contributed by atoms with Crippen LogP contribution in [0.3, 0.4) is 0 Å². The van der Waals surface area contributed by atoms with Crippen molar-refractivity contribution in [1.82, 2.24) is 10.2 Å². The van der Waals surface area contributed by atoms with E-state index in [1.165, 1.54) is 9.80 Å². The molecule has 3 fully saturated rings. The van der Waals surface area contributed by atoms with Crippen LogP contribution in [0.1, 0.15) is 64.5 Å². The SMILES string of the molecule is C=CCCC(=O)N[C@H](C)[C@@H](OC(=O)[C@@H]1[C@@H]2CC[C@]3(O2)[C@H](C(=O)N(CC=C)c2ccccc2Cl)N([C@@H](CO)CC(C)C)C(=O)[C@@H]13)c1ccccc1. The number of aliphatic hydroxyl groups excluding tert-OH is 1. The van der Waals surface area contributed by atoms with E-state index in [1.807, 2.05) is 44.2 Å². The van der Waals surface area contributed by atoms with Gasteiger partial charge in [-0.15, -0.1) is 13.2 Å². The summed E-state index contributed by atoms with van der Waals surface area (Å²) in [5.41, 5.74) is -0.199. The quantitative estimate of drug-likeness (QED) is 0.177. The summed E-state index contributed by atoms with van der Waals surface area (Å²) in [6.07, 6.45) is 3.72. The van der Waals surface area contributed by atoms with E-state index in [4.69, 9.17) is 21.1 Å². The Morgan fingerprint density at radius 3 is 2.46 bits per heavy atom. The number of carbonyl (C=O) groups excluding carboxylic acids is 4. The second-order valence-corrected chi connectivity index (χ2v) is 14.3. The van der Waals surface area contributed by atoms with Crippen molar-refractivity contribution < 1.29 is 33.8 Å². The van der Waals surface area contributed by atoms with Gasteiger partial charge >= 0.3 is 5.97 Å². The summed E-state index contributed by atoms with van der Waals surface area (Å²) >= 11 is 6.59. The number of para-hydroxylation sites is 1. The third-order valence-corrected chi connectivity index (χ3v) is 10.4. The average molecular weight is 706 g/mol. The van der Waals surface area contributed by atoms with E-state index in [-0.39, 0.29) is 31.4 Å². The molecular weight excluding hydrogens is 658 g/mol. The maximum atomic E-state index is 14.9. The van der Waals surface area contributed by atoms with Crippen molar-refractivity contribution in [2.24, 2.45) is 17.8 Å². The highest BCUT2D eigenvalue weighted by molar-refractivity contribution is 6.34. The van der Waals surface area contributed by atoms with Crippen LogP contribution in [0.25, 0.3) is 0 Å². The lowest BCUT2D eigenvalue weighted by atomic mass is 9.70. The summed E-state index contributed by atoms with van der Waals surface area (Å²) in [6, 6.07) is 13.7. The molecule has 0 aromatic heterocycles. The third-order valence-electron chi connectivity index (χ3n) is 10.1. The number of ether oxygens (including phenoxy) is 2. The zero-order valence-electron chi connectivity index (χ0n) is 29.0. The van der Waals surface area contributed by atoms with Crippen LogP contribution in [0.5, 0.6) is 0 Å². The predicted molar refractivity (Wildman–Crippen MR) is 191 cm³/mol. The molecule has 10 nitrogen and oxygen atoms in total. The van der Waals surface area contributed by atoms with Crippen LogP contribution in [0.15, 0.2) is 79.9 Å². The number of nitrogens with zero attached hydrogens (tertiary/aromatic N) is 2. The molecule has 11 heteroatoms. The highest BCUT2D eigenvalue weighted by Gasteiger charge is 2.75. The normalized spacial score (nSPS) is 25.5. The van der Waals surface area contributed by atoms with E-state index < -0.39 is 65.6 Å². The maximum absolute atomic E-state index is 14.9. The first-order chi connectivity index (χ1) is 24.0. The van der Waals surface area contributed by atoms with Gasteiger partial charge in [-0.25, -0.2) is 0 Å². The number of benzene rings is 2. The zero-order valence-corrected chi connectivity index (χ0v) is 29.8. The number of allylic oxidation sites excluding steroid dienone is 1. The van der Waals surface area contributed by atoms with Gasteiger partial charge in [-0.3, -0.25) is 19.2 Å². The number of fused-ring (bicyclic) bond motifs is 1. The van der Waals surface area contributed by atoms with Crippen molar-refractivity contribution in [2.45, 2.75) is 88.8 Å². The summed E-state index contributed by atoms with van der Waals surface area (Å²) in [6.45, 7) is 13.0. The van der Waals surface area contributed by atoms with Crippen LogP contribution in [-0.4, -0.2) is 76.7 Å². The number of anilines is 1. The Morgan fingerprint density at radius 2 is 1.82 bits per heavy atom. The van der Waals surface area contributed by atoms with Gasteiger partial charge in [0.05, 0.1) is 47.3 Å². The first kappa shape index (κ1) is 37.3. The minimum atomic E-state index is -1.33. The summed E-state index contributed by atoms with van der Waals surface area (Å²) in [7, 11) is 0. The second-order valence-electron chi connectivity index (χ2n) is 13.9. The number of esters is 1. The number of nitrogens with one attached hydrogen (secondary N) is 1. The molecule has 50 heavy (non-hydrogen) atoms. The fourth-order valence-corrected chi connectivity index (χ4v) is 8.28. The Kier molecular flexibility index (Phi) is 11.9. The monoisotopic (exact) mass is 705 g/mol. The van der Waals surface area contributed by atoms with Crippen molar-refractivity contribution >= 4 is 41.0 Å². The van der Waals surface area contributed by atoms with Crippen LogP contribution >= 0.6 is 11.6 Å². The van der Waals surface area contributed by atoms with Crippen LogP contribution in [-0.2, 0) is 28.7 Å². The molecule has 0 radical (unpaired) electrons. The van der Waals surface area contributed by atoms with Crippen molar-refractivity contribution in [3.8, 4) is 0 Å². The molecular formula is C39H48ClN3O7. The first-order valence-corrected chi connectivity index (χ1v) is 17.8. The molecule has 2 aromatic rings. The van der Waals surface area contributed by atoms with E-state index in [2.05, 4.69) is 18.5 Å². The molecule has 0 aliphatic carbocycles. The Balaban J connectivity index is 1.53. The van der Waals surface area contributed by atoms with Gasteiger partial charge < -0.3 is 29.7 Å². The van der Waals surface area contributed by atoms with Gasteiger partial charge in [-0.1, -0.05) is 80.1 Å². The van der Waals surface area contributed by atoms with Crippen LogP contribution < -0.4 is 10.2 Å². The molecule has 3 heterocycles. The van der Waals surface area contributed by atoms with Crippen molar-refractivity contribution in [2.75, 3.05) is 18.1 Å². The van der Waals surface area contributed by atoms with Gasteiger partial charge in [0.2, 0.25) is 11.8 Å². The van der Waals surface area contributed by atoms with Gasteiger partial charge in [-0.2, -0.15) is 0 Å². The van der Waals surface area contributed by atoms with E-state index in [0.29, 0.717) is 42.0 Å². The maximum Gasteiger partial charge on any atom is 0.313 e. The Hall–Kier alpha value is -3.99. The van der Waals surface area contributed by atoms with Gasteiger partial charge in [0.25, 0.3) is 5.91 Å². The average Bonchev–Trinajstić information content (AvgIpc) is 3.75. The Bertz CT molecular complexity index is 1580. The number of likely N-dealkylation sites (tertiary alicyclic amines) is 1. The number of carbonyl (C=O) groups is 4. The summed E-state index contributed by atoms with van der Waals surface area (Å²) in [5.74, 6) is -3.62. The van der Waals surface area contributed by atoms with Crippen LogP contribution in [0.4, 0.5) is 5.69 Å². The minimum Gasteiger partial charge on any atom is -0.455 e. The van der Waals surface area contributed by atoms with Gasteiger partial charge in [0.15, 0.2) is 0 Å². The fraction of sp³-hybridized carbons (Fsp3) is 0.487. The smallest absolute Gasteiger partial charge is 0.313 e. The Labute approximate surface area is 299 Å². The molecule has 3 aliphatic heterocycles. The van der Waals surface area contributed by atoms with E-state index >= 15 is 0 Å². The summed E-state index contributed by atoms with van der Waals surface area (Å²) in [4.78, 5) is 59.7. The fourth-order valence-electron chi connectivity index (χ4n) is 8.05. The minimum absolute atomic E-state index is 0.0919. The standard InChI is InChI=1S/C39H48ClN3O7/c1-6-8-18-31(45)41-25(5)34(26-14-10-9-11-15-26)49-38(48)32-30-19-20-39(50-30)33(32)36(46)43(27(23-44)22-24(3)4)35(39)37(47)42(21-7-2)29-17-13-12-16-28(29)40/h6-7,9-17,24-25,27,30,32-35,44H,1-2,8,18-23H2,3-5H3,(H,41,45)/t25-,27-,30+,32-,33-,34-,35+,39-/m1/s1. The number of hydrogen-bond donors (Lipinski definition) is 2. The molecule has 8 atom stereocenters. The van der Waals surface area contributed by atoms with E-state index in [0.717, 1.165) is 0 Å². The lowest BCUT2D eigenvalue weighted by Crippen LogP contribution is -2.59. The molecule has 2 N–H and O–H groups in total. The molecule has 3 saturated heterocycles. The highest BCUT2D eigenvalue weighted by Crippen LogP contribution is 2.59. The largest absolute Gasteiger partial charge is 0.455 e. The molecule has 2 aromatic carbocycles. The number of halogens is 1.